The number of nitrogens with one attached hydrogen (secondary N) is 1. The van der Waals surface area contributed by atoms with Crippen LogP contribution in [0.4, 0.5) is 5.13 Å². The molecule has 1 aliphatic rings. The van der Waals surface area contributed by atoms with Crippen LogP contribution in [0.2, 0.25) is 0 Å². The van der Waals surface area contributed by atoms with Crippen molar-refractivity contribution in [2.45, 2.75) is 18.5 Å². The van der Waals surface area contributed by atoms with Crippen molar-refractivity contribution in [1.82, 2.24) is 19.7 Å². The summed E-state index contributed by atoms with van der Waals surface area (Å²) in [6, 6.07) is 14.2. The first-order chi connectivity index (χ1) is 15.2. The maximum Gasteiger partial charge on any atom is 0.236 e. The van der Waals surface area contributed by atoms with Gasteiger partial charge in [0.25, 0.3) is 0 Å². The number of carbonyl (C=O) groups is 1. The van der Waals surface area contributed by atoms with Crippen molar-refractivity contribution >= 4 is 34.1 Å². The normalized spacial score (nSPS) is 12.4. The van der Waals surface area contributed by atoms with Crippen LogP contribution in [0.1, 0.15) is 11.1 Å². The quantitative estimate of drug-likeness (QED) is 0.440. The van der Waals surface area contributed by atoms with Crippen LogP contribution in [-0.2, 0) is 11.2 Å². The number of rotatable bonds is 6. The summed E-state index contributed by atoms with van der Waals surface area (Å²) >= 11 is 2.75. The van der Waals surface area contributed by atoms with Crippen LogP contribution in [0, 0.1) is 6.92 Å². The number of thiazole rings is 1. The summed E-state index contributed by atoms with van der Waals surface area (Å²) in [5.41, 5.74) is 5.22. The van der Waals surface area contributed by atoms with Crippen LogP contribution in [-0.4, -0.2) is 38.0 Å². The Morgan fingerprint density at radius 3 is 3.00 bits per heavy atom. The molecule has 2 aromatic carbocycles. The van der Waals surface area contributed by atoms with E-state index in [9.17, 15) is 4.79 Å². The maximum absolute atomic E-state index is 12.5. The second-order valence-corrected chi connectivity index (χ2v) is 8.92. The zero-order chi connectivity index (χ0) is 21.2. The van der Waals surface area contributed by atoms with Gasteiger partial charge in [0.05, 0.1) is 18.1 Å². The van der Waals surface area contributed by atoms with Gasteiger partial charge in [-0.2, -0.15) is 0 Å². The number of aryl methyl sites for hydroxylation is 1. The third-order valence-electron chi connectivity index (χ3n) is 4.90. The van der Waals surface area contributed by atoms with Gasteiger partial charge in [-0.15, -0.1) is 21.5 Å². The minimum Gasteiger partial charge on any atom is -0.493 e. The monoisotopic (exact) mass is 449 g/mol. The number of amides is 1. The Morgan fingerprint density at radius 1 is 1.26 bits per heavy atom. The molecule has 9 heteroatoms. The number of nitrogens with zero attached hydrogens (tertiary/aromatic N) is 4. The van der Waals surface area contributed by atoms with Gasteiger partial charge in [-0.1, -0.05) is 29.5 Å². The zero-order valence-corrected chi connectivity index (χ0v) is 18.4. The van der Waals surface area contributed by atoms with Crippen molar-refractivity contribution in [3.63, 3.8) is 0 Å². The van der Waals surface area contributed by atoms with E-state index >= 15 is 0 Å². The van der Waals surface area contributed by atoms with Gasteiger partial charge in [0.1, 0.15) is 12.1 Å². The molecule has 4 aromatic rings. The van der Waals surface area contributed by atoms with Crippen LogP contribution < -0.4 is 10.1 Å². The largest absolute Gasteiger partial charge is 0.493 e. The number of carbonyl (C=O) groups excluding carboxylic acids is 1. The first-order valence-corrected chi connectivity index (χ1v) is 11.6. The smallest absolute Gasteiger partial charge is 0.236 e. The number of aromatic nitrogens is 4. The summed E-state index contributed by atoms with van der Waals surface area (Å²) in [6.07, 6.45) is 2.57. The number of thioether (sulfide) groups is 1. The molecule has 1 aliphatic heterocycles. The fraction of sp³-hybridized carbons (Fsp3) is 0.182. The van der Waals surface area contributed by atoms with Crippen molar-refractivity contribution in [3.05, 3.63) is 65.3 Å². The van der Waals surface area contributed by atoms with E-state index in [1.54, 1.807) is 6.33 Å². The predicted molar refractivity (Wildman–Crippen MR) is 122 cm³/mol. The molecule has 1 amide bonds. The summed E-state index contributed by atoms with van der Waals surface area (Å²) < 4.78 is 7.43. The van der Waals surface area contributed by atoms with Gasteiger partial charge >= 0.3 is 0 Å². The topological polar surface area (TPSA) is 81.9 Å². The molecule has 5 rings (SSSR count). The second kappa shape index (κ2) is 8.52. The van der Waals surface area contributed by atoms with Gasteiger partial charge in [0.2, 0.25) is 5.91 Å². The molecular weight excluding hydrogens is 430 g/mol. The molecule has 0 spiro atoms. The van der Waals surface area contributed by atoms with E-state index in [1.165, 1.54) is 34.2 Å². The molecule has 0 fully saturated rings. The van der Waals surface area contributed by atoms with Crippen LogP contribution >= 0.6 is 23.1 Å². The molecule has 0 aliphatic carbocycles. The van der Waals surface area contributed by atoms with Gasteiger partial charge in [0, 0.05) is 23.1 Å². The highest BCUT2D eigenvalue weighted by Gasteiger charge is 2.15. The average molecular weight is 450 g/mol. The lowest BCUT2D eigenvalue weighted by atomic mass is 10.1. The maximum atomic E-state index is 12.5. The first-order valence-electron chi connectivity index (χ1n) is 9.77. The molecular formula is C22H19N5O2S2. The SMILES string of the molecule is Cc1ccc(-n2cnnc2SCC(=O)Nc2nc(-c3ccc4c(c3)CCO4)cs2)cc1. The van der Waals surface area contributed by atoms with E-state index in [1.807, 2.05) is 53.3 Å². The van der Waals surface area contributed by atoms with Crippen LogP contribution in [0.25, 0.3) is 16.9 Å². The Morgan fingerprint density at radius 2 is 2.13 bits per heavy atom. The molecule has 31 heavy (non-hydrogen) atoms. The van der Waals surface area contributed by atoms with Gasteiger partial charge in [-0.25, -0.2) is 4.98 Å². The standard InChI is InChI=1S/C22H19N5O2S2/c1-14-2-5-17(6-3-14)27-13-23-26-22(27)31-12-20(28)25-21-24-18(11-30-21)15-4-7-19-16(10-15)8-9-29-19/h2-7,10-11,13H,8-9,12H2,1H3,(H,24,25,28). The first kappa shape index (κ1) is 19.8. The molecule has 156 valence electrons. The molecule has 0 unspecified atom stereocenters. The van der Waals surface area contributed by atoms with Crippen molar-refractivity contribution in [2.75, 3.05) is 17.7 Å². The third-order valence-corrected chi connectivity index (χ3v) is 6.60. The number of anilines is 1. The Kier molecular flexibility index (Phi) is 5.44. The molecule has 0 radical (unpaired) electrons. The highest BCUT2D eigenvalue weighted by molar-refractivity contribution is 7.99. The number of ether oxygens (including phenoxy) is 1. The molecule has 0 bridgehead atoms. The lowest BCUT2D eigenvalue weighted by Crippen LogP contribution is -2.14. The highest BCUT2D eigenvalue weighted by atomic mass is 32.2. The minimum atomic E-state index is -0.133. The summed E-state index contributed by atoms with van der Waals surface area (Å²) in [7, 11) is 0. The molecule has 7 nitrogen and oxygen atoms in total. The van der Waals surface area contributed by atoms with Crippen molar-refractivity contribution < 1.29 is 9.53 Å². The van der Waals surface area contributed by atoms with E-state index in [0.717, 1.165) is 35.7 Å². The Balaban J connectivity index is 1.21. The lowest BCUT2D eigenvalue weighted by molar-refractivity contribution is -0.113. The van der Waals surface area contributed by atoms with Crippen molar-refractivity contribution in [1.29, 1.82) is 0 Å². The van der Waals surface area contributed by atoms with Gasteiger partial charge in [-0.05, 0) is 42.8 Å². The van der Waals surface area contributed by atoms with E-state index < -0.39 is 0 Å². The average Bonchev–Trinajstić information content (AvgIpc) is 3.53. The van der Waals surface area contributed by atoms with E-state index in [0.29, 0.717) is 10.3 Å². The molecule has 0 saturated heterocycles. The number of benzene rings is 2. The molecule has 0 atom stereocenters. The fourth-order valence-corrected chi connectivity index (χ4v) is 4.77. The Bertz CT molecular complexity index is 1230. The molecule has 0 saturated carbocycles. The van der Waals surface area contributed by atoms with Crippen molar-refractivity contribution in [2.24, 2.45) is 0 Å². The van der Waals surface area contributed by atoms with Crippen LogP contribution in [0.3, 0.4) is 0 Å². The summed E-state index contributed by atoms with van der Waals surface area (Å²) in [6.45, 7) is 2.77. The van der Waals surface area contributed by atoms with E-state index in [2.05, 4.69) is 26.6 Å². The fourth-order valence-electron chi connectivity index (χ4n) is 3.30. The lowest BCUT2D eigenvalue weighted by Gasteiger charge is -2.06. The summed E-state index contributed by atoms with van der Waals surface area (Å²) in [5, 5.41) is 14.2. The third kappa shape index (κ3) is 4.33. The van der Waals surface area contributed by atoms with Crippen molar-refractivity contribution in [3.8, 4) is 22.7 Å². The molecule has 2 aromatic heterocycles. The van der Waals surface area contributed by atoms with Gasteiger partial charge < -0.3 is 10.1 Å². The second-order valence-electron chi connectivity index (χ2n) is 7.11. The number of hydrogen-bond donors (Lipinski definition) is 1. The molecule has 1 N–H and O–H groups in total. The van der Waals surface area contributed by atoms with Crippen LogP contribution in [0.5, 0.6) is 5.75 Å². The van der Waals surface area contributed by atoms with E-state index in [4.69, 9.17) is 4.74 Å². The summed E-state index contributed by atoms with van der Waals surface area (Å²) in [5.74, 6) is 1.03. The van der Waals surface area contributed by atoms with E-state index in [-0.39, 0.29) is 11.7 Å². The molecule has 3 heterocycles. The van der Waals surface area contributed by atoms with Gasteiger partial charge in [-0.3, -0.25) is 9.36 Å². The predicted octanol–water partition coefficient (Wildman–Crippen LogP) is 4.36. The Labute approximate surface area is 187 Å². The zero-order valence-electron chi connectivity index (χ0n) is 16.7. The number of hydrogen-bond acceptors (Lipinski definition) is 7. The minimum absolute atomic E-state index is 0.133. The Hall–Kier alpha value is -3.17. The number of fused-ring (bicyclic) bond motifs is 1. The van der Waals surface area contributed by atoms with Gasteiger partial charge in [0.15, 0.2) is 10.3 Å². The summed E-state index contributed by atoms with van der Waals surface area (Å²) in [4.78, 5) is 17.0. The highest BCUT2D eigenvalue weighted by Crippen LogP contribution is 2.32. The van der Waals surface area contributed by atoms with Crippen LogP contribution in [0.15, 0.2) is 59.3 Å².